The molecule has 4 unspecified atom stereocenters. The van der Waals surface area contributed by atoms with Crippen LogP contribution in [0.2, 0.25) is 0 Å². The predicted molar refractivity (Wildman–Crippen MR) is 284 cm³/mol. The monoisotopic (exact) mass is 918 g/mol. The van der Waals surface area contributed by atoms with E-state index in [1.54, 1.807) is 0 Å². The van der Waals surface area contributed by atoms with Crippen molar-refractivity contribution in [3.63, 3.8) is 0 Å². The van der Waals surface area contributed by atoms with E-state index in [1.165, 1.54) is 250 Å². The van der Waals surface area contributed by atoms with Crippen LogP contribution in [0.15, 0.2) is 24.3 Å². The maximum atomic E-state index is 12.6. The molecule has 0 aliphatic rings. The van der Waals surface area contributed by atoms with Crippen LogP contribution in [0.25, 0.3) is 0 Å². The maximum absolute atomic E-state index is 12.6. The standard InChI is InChI=1S/C59H115NO5/c1-3-5-7-9-11-13-15-17-19-21-23-24-25-26-27-28-29-30-31-32-33-35-37-39-41-43-45-47-49-51-53-57(63)59(65)60-55(54-61)58(64)56(62)52-50-48-46-44-42-40-38-36-34-22-20-18-16-14-12-10-8-6-4-2/h26-27,44,46,55-58,61-64H,3-25,28-43,45,47-54H2,1-2H3,(H,60,65)/b27-26-,46-44+. The number of aliphatic hydroxyl groups excluding tert-OH is 4. The van der Waals surface area contributed by atoms with Gasteiger partial charge in [-0.3, -0.25) is 4.79 Å². The van der Waals surface area contributed by atoms with Gasteiger partial charge in [-0.1, -0.05) is 276 Å². The van der Waals surface area contributed by atoms with Gasteiger partial charge in [-0.2, -0.15) is 0 Å². The van der Waals surface area contributed by atoms with Gasteiger partial charge in [0.05, 0.1) is 18.8 Å². The highest BCUT2D eigenvalue weighted by Gasteiger charge is 2.28. The lowest BCUT2D eigenvalue weighted by atomic mass is 10.00. The Bertz CT molecular complexity index is 986. The van der Waals surface area contributed by atoms with E-state index >= 15 is 0 Å². The Balaban J connectivity index is 3.61. The summed E-state index contributed by atoms with van der Waals surface area (Å²) < 4.78 is 0. The smallest absolute Gasteiger partial charge is 0.249 e. The molecule has 0 aromatic carbocycles. The fourth-order valence-electron chi connectivity index (χ4n) is 9.29. The van der Waals surface area contributed by atoms with Crippen molar-refractivity contribution in [2.45, 2.75) is 340 Å². The van der Waals surface area contributed by atoms with E-state index in [9.17, 15) is 25.2 Å². The maximum Gasteiger partial charge on any atom is 0.249 e. The molecule has 0 aromatic heterocycles. The summed E-state index contributed by atoms with van der Waals surface area (Å²) in [5.41, 5.74) is 0. The SMILES string of the molecule is CCCCCCCCCCCCCC/C=C\CCCCCCCCCCCCCCCCC(O)C(=O)NC(CO)C(O)C(O)CCC/C=C/CCCCCCCCCCCCCCCC. The summed E-state index contributed by atoms with van der Waals surface area (Å²) in [6, 6.07) is -1.00. The van der Waals surface area contributed by atoms with Gasteiger partial charge in [0.25, 0.3) is 0 Å². The topological polar surface area (TPSA) is 110 Å². The molecule has 0 spiro atoms. The molecule has 0 fully saturated rings. The van der Waals surface area contributed by atoms with Gasteiger partial charge >= 0.3 is 0 Å². The summed E-state index contributed by atoms with van der Waals surface area (Å²) in [5, 5.41) is 44.0. The van der Waals surface area contributed by atoms with E-state index in [1.807, 2.05) is 0 Å². The molecule has 0 aromatic rings. The molecule has 6 nitrogen and oxygen atoms in total. The molecule has 4 atom stereocenters. The summed E-state index contributed by atoms with van der Waals surface area (Å²) in [4.78, 5) is 12.6. The molecule has 0 saturated carbocycles. The first-order valence-corrected chi connectivity index (χ1v) is 29.2. The van der Waals surface area contributed by atoms with Crippen LogP contribution in [0.3, 0.4) is 0 Å². The van der Waals surface area contributed by atoms with Crippen LogP contribution in [-0.2, 0) is 4.79 Å². The van der Waals surface area contributed by atoms with Gasteiger partial charge in [0, 0.05) is 0 Å². The molecule has 0 heterocycles. The molecule has 0 radical (unpaired) electrons. The van der Waals surface area contributed by atoms with E-state index < -0.39 is 36.9 Å². The lowest BCUT2D eigenvalue weighted by molar-refractivity contribution is -0.132. The van der Waals surface area contributed by atoms with E-state index in [0.717, 1.165) is 38.5 Å². The molecule has 386 valence electrons. The van der Waals surface area contributed by atoms with Crippen LogP contribution in [-0.4, -0.2) is 57.3 Å². The van der Waals surface area contributed by atoms with Crippen molar-refractivity contribution >= 4 is 5.91 Å². The largest absolute Gasteiger partial charge is 0.394 e. The normalized spacial score (nSPS) is 13.9. The third kappa shape index (κ3) is 47.6. The number of unbranched alkanes of at least 4 members (excludes halogenated alkanes) is 41. The van der Waals surface area contributed by atoms with Crippen molar-refractivity contribution in [3.05, 3.63) is 24.3 Å². The minimum Gasteiger partial charge on any atom is -0.394 e. The highest BCUT2D eigenvalue weighted by Crippen LogP contribution is 2.18. The predicted octanol–water partition coefficient (Wildman–Crippen LogP) is 17.0. The third-order valence-corrected chi connectivity index (χ3v) is 13.9. The molecule has 65 heavy (non-hydrogen) atoms. The number of rotatable bonds is 54. The van der Waals surface area contributed by atoms with Crippen molar-refractivity contribution in [2.24, 2.45) is 0 Å². The van der Waals surface area contributed by atoms with E-state index in [0.29, 0.717) is 12.8 Å². The van der Waals surface area contributed by atoms with Gasteiger partial charge in [-0.25, -0.2) is 0 Å². The highest BCUT2D eigenvalue weighted by molar-refractivity contribution is 5.80. The van der Waals surface area contributed by atoms with E-state index in [-0.39, 0.29) is 0 Å². The van der Waals surface area contributed by atoms with Crippen LogP contribution in [0.4, 0.5) is 0 Å². The number of amides is 1. The number of hydrogen-bond acceptors (Lipinski definition) is 5. The highest BCUT2D eigenvalue weighted by atomic mass is 16.3. The molecule has 5 N–H and O–H groups in total. The Morgan fingerprint density at radius 2 is 0.631 bits per heavy atom. The van der Waals surface area contributed by atoms with Crippen molar-refractivity contribution in [2.75, 3.05) is 6.61 Å². The van der Waals surface area contributed by atoms with Gasteiger partial charge in [0.1, 0.15) is 12.2 Å². The summed E-state index contributed by atoms with van der Waals surface area (Å²) in [5.74, 6) is -0.589. The number of carbonyl (C=O) groups is 1. The zero-order chi connectivity index (χ0) is 47.4. The third-order valence-electron chi connectivity index (χ3n) is 13.9. The van der Waals surface area contributed by atoms with Crippen LogP contribution in [0.5, 0.6) is 0 Å². The fraction of sp³-hybridized carbons (Fsp3) is 0.915. The Morgan fingerprint density at radius 1 is 0.369 bits per heavy atom. The average molecular weight is 919 g/mol. The number of allylic oxidation sites excluding steroid dienone is 4. The van der Waals surface area contributed by atoms with Gasteiger partial charge in [0.2, 0.25) is 5.91 Å². The Labute approximate surface area is 405 Å². The van der Waals surface area contributed by atoms with Crippen LogP contribution in [0, 0.1) is 0 Å². The number of nitrogens with one attached hydrogen (secondary N) is 1. The first kappa shape index (κ1) is 63.8. The number of carbonyl (C=O) groups excluding carboxylic acids is 1. The van der Waals surface area contributed by atoms with Crippen molar-refractivity contribution < 1.29 is 25.2 Å². The van der Waals surface area contributed by atoms with E-state index in [4.69, 9.17) is 0 Å². The van der Waals surface area contributed by atoms with Gasteiger partial charge in [-0.15, -0.1) is 0 Å². The summed E-state index contributed by atoms with van der Waals surface area (Å²) in [6.45, 7) is 4.08. The van der Waals surface area contributed by atoms with Crippen LogP contribution in [0.1, 0.15) is 316 Å². The summed E-state index contributed by atoms with van der Waals surface area (Å²) >= 11 is 0. The molecule has 0 aliphatic carbocycles. The summed E-state index contributed by atoms with van der Waals surface area (Å²) in [6.07, 6.45) is 65.4. The Morgan fingerprint density at radius 3 is 0.923 bits per heavy atom. The molecule has 6 heteroatoms. The molecular formula is C59H115NO5. The first-order valence-electron chi connectivity index (χ1n) is 29.2. The van der Waals surface area contributed by atoms with Gasteiger partial charge in [-0.05, 0) is 64.2 Å². The summed E-state index contributed by atoms with van der Waals surface area (Å²) in [7, 11) is 0. The minimum absolute atomic E-state index is 0.366. The second-order valence-electron chi connectivity index (χ2n) is 20.3. The lowest BCUT2D eigenvalue weighted by Crippen LogP contribution is -2.53. The van der Waals surface area contributed by atoms with Crippen LogP contribution >= 0.6 is 0 Å². The minimum atomic E-state index is -1.28. The quantitative estimate of drug-likeness (QED) is 0.0308. The Hall–Kier alpha value is -1.21. The van der Waals surface area contributed by atoms with Gasteiger partial charge in [0.15, 0.2) is 0 Å². The fourth-order valence-corrected chi connectivity index (χ4v) is 9.29. The zero-order valence-electron chi connectivity index (χ0n) is 43.8. The van der Waals surface area contributed by atoms with Crippen LogP contribution < -0.4 is 5.32 Å². The van der Waals surface area contributed by atoms with Crippen molar-refractivity contribution in [1.82, 2.24) is 5.32 Å². The zero-order valence-corrected chi connectivity index (χ0v) is 43.8. The molecule has 0 rings (SSSR count). The Kier molecular flexibility index (Phi) is 52.7. The average Bonchev–Trinajstić information content (AvgIpc) is 3.31. The molecular weight excluding hydrogens is 803 g/mol. The lowest BCUT2D eigenvalue weighted by Gasteiger charge is -2.27. The molecule has 0 bridgehead atoms. The molecule has 1 amide bonds. The van der Waals surface area contributed by atoms with Crippen molar-refractivity contribution in [3.8, 4) is 0 Å². The number of aliphatic hydroxyl groups is 4. The molecule has 0 aliphatic heterocycles. The van der Waals surface area contributed by atoms with Crippen molar-refractivity contribution in [1.29, 1.82) is 0 Å². The second-order valence-corrected chi connectivity index (χ2v) is 20.3. The molecule has 0 saturated heterocycles. The second kappa shape index (κ2) is 53.7. The van der Waals surface area contributed by atoms with E-state index in [2.05, 4.69) is 43.5 Å². The van der Waals surface area contributed by atoms with Gasteiger partial charge < -0.3 is 25.7 Å². The number of hydrogen-bond donors (Lipinski definition) is 5. The first-order chi connectivity index (χ1) is 32.0.